The molecule has 0 radical (unpaired) electrons. The van der Waals surface area contributed by atoms with Crippen LogP contribution in [0, 0.1) is 10.8 Å². The molecule has 0 aromatic rings. The summed E-state index contributed by atoms with van der Waals surface area (Å²) in [5, 5.41) is 11.9. The summed E-state index contributed by atoms with van der Waals surface area (Å²) in [6.45, 7) is 1.07. The summed E-state index contributed by atoms with van der Waals surface area (Å²) < 4.78 is 0. The number of nitrogens with two attached hydrogens (primary N) is 1. The van der Waals surface area contributed by atoms with E-state index < -0.39 is 5.97 Å². The molecule has 2 rings (SSSR count). The predicted molar refractivity (Wildman–Crippen MR) is 71.5 cm³/mol. The molecular formula is C14H24N2O3. The molecule has 4 N–H and O–H groups in total. The van der Waals surface area contributed by atoms with E-state index >= 15 is 0 Å². The fourth-order valence-electron chi connectivity index (χ4n) is 3.23. The molecule has 108 valence electrons. The SMILES string of the molecule is NCC1(CC(=O)NCC2(CC(=O)O)CCC2)CCC1. The normalized spacial score (nSPS) is 23.0. The Morgan fingerprint density at radius 1 is 1.05 bits per heavy atom. The van der Waals surface area contributed by atoms with E-state index in [4.69, 9.17) is 10.8 Å². The molecule has 0 aromatic carbocycles. The van der Waals surface area contributed by atoms with Crippen molar-refractivity contribution in [3.63, 3.8) is 0 Å². The maximum Gasteiger partial charge on any atom is 0.303 e. The lowest BCUT2D eigenvalue weighted by atomic mass is 9.65. The van der Waals surface area contributed by atoms with Crippen molar-refractivity contribution in [1.82, 2.24) is 5.32 Å². The Morgan fingerprint density at radius 3 is 2.00 bits per heavy atom. The number of rotatable bonds is 7. The zero-order valence-electron chi connectivity index (χ0n) is 11.4. The van der Waals surface area contributed by atoms with Gasteiger partial charge in [-0.25, -0.2) is 0 Å². The quantitative estimate of drug-likeness (QED) is 0.648. The highest BCUT2D eigenvalue weighted by Crippen LogP contribution is 2.44. The number of amides is 1. The summed E-state index contributed by atoms with van der Waals surface area (Å²) in [6.07, 6.45) is 6.77. The van der Waals surface area contributed by atoms with E-state index in [0.29, 0.717) is 19.5 Å². The van der Waals surface area contributed by atoms with Crippen molar-refractivity contribution in [2.24, 2.45) is 16.6 Å². The average molecular weight is 268 g/mol. The van der Waals surface area contributed by atoms with Crippen molar-refractivity contribution in [3.8, 4) is 0 Å². The van der Waals surface area contributed by atoms with Crippen LogP contribution in [-0.2, 0) is 9.59 Å². The molecule has 2 saturated carbocycles. The first kappa shape index (κ1) is 14.3. The highest BCUT2D eigenvalue weighted by atomic mass is 16.4. The second kappa shape index (κ2) is 5.49. The number of carbonyl (C=O) groups excluding carboxylic acids is 1. The van der Waals surface area contributed by atoms with E-state index in [0.717, 1.165) is 38.5 Å². The Labute approximate surface area is 113 Å². The summed E-state index contributed by atoms with van der Waals surface area (Å²) >= 11 is 0. The van der Waals surface area contributed by atoms with Crippen LogP contribution in [-0.4, -0.2) is 30.1 Å². The zero-order valence-corrected chi connectivity index (χ0v) is 11.4. The first-order valence-electron chi connectivity index (χ1n) is 7.18. The van der Waals surface area contributed by atoms with Crippen molar-refractivity contribution in [3.05, 3.63) is 0 Å². The van der Waals surface area contributed by atoms with Gasteiger partial charge in [0.1, 0.15) is 0 Å². The van der Waals surface area contributed by atoms with Crippen molar-refractivity contribution in [2.75, 3.05) is 13.1 Å². The molecule has 1 amide bonds. The van der Waals surface area contributed by atoms with Gasteiger partial charge in [-0.1, -0.05) is 12.8 Å². The largest absolute Gasteiger partial charge is 0.481 e. The number of carboxylic acids is 1. The highest BCUT2D eigenvalue weighted by molar-refractivity contribution is 5.77. The third-order valence-electron chi connectivity index (χ3n) is 4.98. The first-order valence-corrected chi connectivity index (χ1v) is 7.18. The van der Waals surface area contributed by atoms with Crippen LogP contribution >= 0.6 is 0 Å². The molecule has 0 heterocycles. The number of hydrogen-bond donors (Lipinski definition) is 3. The van der Waals surface area contributed by atoms with E-state index in [1.165, 1.54) is 0 Å². The van der Waals surface area contributed by atoms with Crippen LogP contribution < -0.4 is 11.1 Å². The van der Waals surface area contributed by atoms with Gasteiger partial charge in [0.05, 0.1) is 6.42 Å². The second-order valence-corrected chi connectivity index (χ2v) is 6.44. The van der Waals surface area contributed by atoms with Gasteiger partial charge in [0.15, 0.2) is 0 Å². The molecule has 0 atom stereocenters. The Bertz CT molecular complexity index is 354. The highest BCUT2D eigenvalue weighted by Gasteiger charge is 2.41. The summed E-state index contributed by atoms with van der Waals surface area (Å²) in [7, 11) is 0. The van der Waals surface area contributed by atoms with Crippen LogP contribution in [0.4, 0.5) is 0 Å². The molecule has 2 aliphatic rings. The average Bonchev–Trinajstić information content (AvgIpc) is 2.26. The lowest BCUT2D eigenvalue weighted by molar-refractivity contribution is -0.142. The van der Waals surface area contributed by atoms with Gasteiger partial charge in [-0.2, -0.15) is 0 Å². The van der Waals surface area contributed by atoms with Crippen molar-refractivity contribution < 1.29 is 14.7 Å². The predicted octanol–water partition coefficient (Wildman–Crippen LogP) is 1.27. The monoisotopic (exact) mass is 268 g/mol. The topological polar surface area (TPSA) is 92.4 Å². The molecule has 2 fully saturated rings. The number of carbonyl (C=O) groups is 2. The number of aliphatic carboxylic acids is 1. The molecule has 0 saturated heterocycles. The van der Waals surface area contributed by atoms with Crippen LogP contribution in [0.3, 0.4) is 0 Å². The van der Waals surface area contributed by atoms with Gasteiger partial charge in [0, 0.05) is 13.0 Å². The number of hydrogen-bond acceptors (Lipinski definition) is 3. The van der Waals surface area contributed by atoms with Crippen molar-refractivity contribution in [1.29, 1.82) is 0 Å². The second-order valence-electron chi connectivity index (χ2n) is 6.44. The first-order chi connectivity index (χ1) is 8.99. The minimum Gasteiger partial charge on any atom is -0.481 e. The lowest BCUT2D eigenvalue weighted by Gasteiger charge is -2.42. The van der Waals surface area contributed by atoms with Crippen LogP contribution in [0.2, 0.25) is 0 Å². The Kier molecular flexibility index (Phi) is 4.13. The molecular weight excluding hydrogens is 244 g/mol. The van der Waals surface area contributed by atoms with E-state index in [2.05, 4.69) is 5.32 Å². The van der Waals surface area contributed by atoms with Gasteiger partial charge in [-0.05, 0) is 43.1 Å². The molecule has 0 aromatic heterocycles. The fourth-order valence-corrected chi connectivity index (χ4v) is 3.23. The molecule has 0 bridgehead atoms. The van der Waals surface area contributed by atoms with E-state index in [1.54, 1.807) is 0 Å². The lowest BCUT2D eigenvalue weighted by Crippen LogP contribution is -2.46. The summed E-state index contributed by atoms with van der Waals surface area (Å²) in [6, 6.07) is 0. The molecule has 0 unspecified atom stereocenters. The van der Waals surface area contributed by atoms with Gasteiger partial charge in [0.25, 0.3) is 0 Å². The van der Waals surface area contributed by atoms with E-state index in [9.17, 15) is 9.59 Å². The molecule has 5 heteroatoms. The van der Waals surface area contributed by atoms with Crippen molar-refractivity contribution >= 4 is 11.9 Å². The molecule has 2 aliphatic carbocycles. The van der Waals surface area contributed by atoms with Gasteiger partial charge >= 0.3 is 5.97 Å². The van der Waals surface area contributed by atoms with Crippen LogP contribution in [0.15, 0.2) is 0 Å². The molecule has 19 heavy (non-hydrogen) atoms. The maximum atomic E-state index is 12.0. The third-order valence-corrected chi connectivity index (χ3v) is 4.98. The smallest absolute Gasteiger partial charge is 0.303 e. The Hall–Kier alpha value is -1.10. The van der Waals surface area contributed by atoms with Crippen LogP contribution in [0.5, 0.6) is 0 Å². The standard InChI is InChI=1S/C14H24N2O3/c15-9-13(3-1-4-13)7-11(17)16-10-14(5-2-6-14)8-12(18)19/h1-10,15H2,(H,16,17)(H,18,19). The fraction of sp³-hybridized carbons (Fsp3) is 0.857. The van der Waals surface area contributed by atoms with Crippen LogP contribution in [0.1, 0.15) is 51.4 Å². The number of carboxylic acid groups (broad SMARTS) is 1. The molecule has 0 spiro atoms. The minimum atomic E-state index is -0.772. The summed E-state index contributed by atoms with van der Waals surface area (Å²) in [5.41, 5.74) is 5.56. The summed E-state index contributed by atoms with van der Waals surface area (Å²) in [5.74, 6) is -0.742. The van der Waals surface area contributed by atoms with E-state index in [1.807, 2.05) is 0 Å². The Morgan fingerprint density at radius 2 is 1.63 bits per heavy atom. The van der Waals surface area contributed by atoms with Crippen LogP contribution in [0.25, 0.3) is 0 Å². The third kappa shape index (κ3) is 3.26. The van der Waals surface area contributed by atoms with E-state index in [-0.39, 0.29) is 23.2 Å². The van der Waals surface area contributed by atoms with Crippen molar-refractivity contribution in [2.45, 2.75) is 51.4 Å². The van der Waals surface area contributed by atoms with Gasteiger partial charge in [-0.15, -0.1) is 0 Å². The van der Waals surface area contributed by atoms with Gasteiger partial charge < -0.3 is 16.2 Å². The van der Waals surface area contributed by atoms with Gasteiger partial charge in [-0.3, -0.25) is 9.59 Å². The Balaban J connectivity index is 1.78. The molecule has 5 nitrogen and oxygen atoms in total. The minimum absolute atomic E-state index is 0.0175. The number of nitrogens with one attached hydrogen (secondary N) is 1. The molecule has 0 aliphatic heterocycles. The van der Waals surface area contributed by atoms with Gasteiger partial charge in [0.2, 0.25) is 5.91 Å². The maximum absolute atomic E-state index is 12.0. The zero-order chi connectivity index (χ0) is 13.9. The summed E-state index contributed by atoms with van der Waals surface area (Å²) in [4.78, 5) is 22.8.